The highest BCUT2D eigenvalue weighted by atomic mass is 16.5. The lowest BCUT2D eigenvalue weighted by atomic mass is 10.0. The van der Waals surface area contributed by atoms with Crippen LogP contribution in [0.5, 0.6) is 5.75 Å². The molecule has 0 spiro atoms. The summed E-state index contributed by atoms with van der Waals surface area (Å²) in [6.45, 7) is 11.9. The van der Waals surface area contributed by atoms with E-state index in [0.717, 1.165) is 29.0 Å². The highest BCUT2D eigenvalue weighted by molar-refractivity contribution is 5.97. The van der Waals surface area contributed by atoms with Crippen LogP contribution in [-0.2, 0) is 9.53 Å². The molecule has 0 heterocycles. The average molecular weight is 307 g/mol. The minimum atomic E-state index is -0.812. The van der Waals surface area contributed by atoms with Gasteiger partial charge < -0.3 is 14.8 Å². The fourth-order valence-electron chi connectivity index (χ4n) is 2.15. The van der Waals surface area contributed by atoms with Crippen LogP contribution in [0.3, 0.4) is 0 Å². The molecule has 1 aromatic carbocycles. The Morgan fingerprint density at radius 1 is 1.27 bits per heavy atom. The Morgan fingerprint density at radius 2 is 1.82 bits per heavy atom. The van der Waals surface area contributed by atoms with Crippen LogP contribution in [-0.4, -0.2) is 24.7 Å². The fourth-order valence-corrected chi connectivity index (χ4v) is 2.15. The standard InChI is InChI=1S/C18H29NO3/c1-8-14(5)22-16-12(3)10-15(11-13(16)4)19-17(20)18(6,9-2)21-7/h10-11,14H,8-9H2,1-7H3,(H,19,20)/t14-,18+/m0/s1. The lowest BCUT2D eigenvalue weighted by molar-refractivity contribution is -0.136. The molecule has 0 saturated carbocycles. The monoisotopic (exact) mass is 307 g/mol. The molecule has 1 rings (SSSR count). The molecule has 0 unspecified atom stereocenters. The summed E-state index contributed by atoms with van der Waals surface area (Å²) >= 11 is 0. The summed E-state index contributed by atoms with van der Waals surface area (Å²) in [5.74, 6) is 0.768. The number of aryl methyl sites for hydroxylation is 2. The van der Waals surface area contributed by atoms with Crippen molar-refractivity contribution in [2.45, 2.75) is 66.1 Å². The van der Waals surface area contributed by atoms with E-state index in [1.165, 1.54) is 0 Å². The Balaban J connectivity index is 2.98. The topological polar surface area (TPSA) is 47.6 Å². The Hall–Kier alpha value is -1.55. The van der Waals surface area contributed by atoms with E-state index in [-0.39, 0.29) is 12.0 Å². The van der Waals surface area contributed by atoms with E-state index in [0.29, 0.717) is 6.42 Å². The summed E-state index contributed by atoms with van der Waals surface area (Å²) < 4.78 is 11.3. The lowest BCUT2D eigenvalue weighted by Crippen LogP contribution is -2.41. The minimum Gasteiger partial charge on any atom is -0.490 e. The van der Waals surface area contributed by atoms with Gasteiger partial charge in [-0.1, -0.05) is 13.8 Å². The molecule has 1 amide bonds. The van der Waals surface area contributed by atoms with Crippen LogP contribution in [0.2, 0.25) is 0 Å². The molecule has 0 fully saturated rings. The molecule has 1 aromatic rings. The molecule has 0 aliphatic carbocycles. The summed E-state index contributed by atoms with van der Waals surface area (Å²) in [7, 11) is 1.56. The number of methoxy groups -OCH3 is 1. The van der Waals surface area contributed by atoms with Crippen molar-refractivity contribution in [3.8, 4) is 5.75 Å². The van der Waals surface area contributed by atoms with Crippen LogP contribution in [0.1, 0.15) is 51.7 Å². The van der Waals surface area contributed by atoms with Gasteiger partial charge in [0, 0.05) is 12.8 Å². The van der Waals surface area contributed by atoms with Gasteiger partial charge in [0.25, 0.3) is 5.91 Å². The molecule has 4 nitrogen and oxygen atoms in total. The minimum absolute atomic E-state index is 0.133. The predicted octanol–water partition coefficient (Wildman–Crippen LogP) is 4.23. The van der Waals surface area contributed by atoms with Crippen molar-refractivity contribution in [3.05, 3.63) is 23.3 Å². The first-order chi connectivity index (χ1) is 10.3. The van der Waals surface area contributed by atoms with E-state index in [1.807, 2.05) is 32.9 Å². The van der Waals surface area contributed by atoms with Gasteiger partial charge in [0.2, 0.25) is 0 Å². The van der Waals surface area contributed by atoms with E-state index in [4.69, 9.17) is 9.47 Å². The molecule has 0 bridgehead atoms. The fraction of sp³-hybridized carbons (Fsp3) is 0.611. The zero-order chi connectivity index (χ0) is 16.9. The smallest absolute Gasteiger partial charge is 0.256 e. The van der Waals surface area contributed by atoms with Crippen molar-refractivity contribution in [1.29, 1.82) is 0 Å². The van der Waals surface area contributed by atoms with Crippen molar-refractivity contribution >= 4 is 11.6 Å². The van der Waals surface area contributed by atoms with Gasteiger partial charge in [-0.3, -0.25) is 4.79 Å². The SMILES string of the molecule is CC[C@H](C)Oc1c(C)cc(NC(=O)[C@@](C)(CC)OC)cc1C. The number of hydrogen-bond donors (Lipinski definition) is 1. The summed E-state index contributed by atoms with van der Waals surface area (Å²) in [6, 6.07) is 3.88. The molecule has 124 valence electrons. The van der Waals surface area contributed by atoms with Gasteiger partial charge >= 0.3 is 0 Å². The van der Waals surface area contributed by atoms with Crippen molar-refractivity contribution in [2.24, 2.45) is 0 Å². The maximum atomic E-state index is 12.4. The van der Waals surface area contributed by atoms with Gasteiger partial charge in [0.1, 0.15) is 11.4 Å². The van der Waals surface area contributed by atoms with Gasteiger partial charge in [-0.2, -0.15) is 0 Å². The summed E-state index contributed by atoms with van der Waals surface area (Å²) in [5, 5.41) is 2.94. The Morgan fingerprint density at radius 3 is 2.23 bits per heavy atom. The second kappa shape index (κ2) is 7.63. The number of carbonyl (C=O) groups is 1. The van der Waals surface area contributed by atoms with Crippen LogP contribution >= 0.6 is 0 Å². The zero-order valence-electron chi connectivity index (χ0n) is 14.9. The Kier molecular flexibility index (Phi) is 6.42. The quantitative estimate of drug-likeness (QED) is 0.820. The molecule has 1 N–H and O–H groups in total. The molecule has 0 aliphatic rings. The number of carbonyl (C=O) groups excluding carboxylic acids is 1. The number of anilines is 1. The van der Waals surface area contributed by atoms with Crippen LogP contribution in [0.4, 0.5) is 5.69 Å². The number of nitrogens with one attached hydrogen (secondary N) is 1. The number of hydrogen-bond acceptors (Lipinski definition) is 3. The van der Waals surface area contributed by atoms with E-state index < -0.39 is 5.60 Å². The van der Waals surface area contributed by atoms with Gasteiger partial charge in [0.15, 0.2) is 0 Å². The number of ether oxygens (including phenoxy) is 2. The Bertz CT molecular complexity index is 498. The van der Waals surface area contributed by atoms with Crippen LogP contribution in [0, 0.1) is 13.8 Å². The normalized spacial score (nSPS) is 15.0. The molecule has 22 heavy (non-hydrogen) atoms. The third kappa shape index (κ3) is 4.23. The molecule has 4 heteroatoms. The van der Waals surface area contributed by atoms with E-state index in [9.17, 15) is 4.79 Å². The van der Waals surface area contributed by atoms with Crippen molar-refractivity contribution in [2.75, 3.05) is 12.4 Å². The van der Waals surface area contributed by atoms with Crippen molar-refractivity contribution < 1.29 is 14.3 Å². The van der Waals surface area contributed by atoms with Crippen LogP contribution in [0.25, 0.3) is 0 Å². The molecular formula is C18H29NO3. The summed E-state index contributed by atoms with van der Waals surface area (Å²) in [4.78, 5) is 12.4. The average Bonchev–Trinajstić information content (AvgIpc) is 2.49. The van der Waals surface area contributed by atoms with E-state index in [1.54, 1.807) is 14.0 Å². The molecule has 0 aromatic heterocycles. The third-order valence-corrected chi connectivity index (χ3v) is 4.22. The molecule has 0 saturated heterocycles. The van der Waals surface area contributed by atoms with Crippen LogP contribution < -0.4 is 10.1 Å². The second-order valence-electron chi connectivity index (χ2n) is 6.02. The molecule has 0 aliphatic heterocycles. The number of amides is 1. The highest BCUT2D eigenvalue weighted by Gasteiger charge is 2.31. The Labute approximate surface area is 134 Å². The molecular weight excluding hydrogens is 278 g/mol. The largest absolute Gasteiger partial charge is 0.490 e. The zero-order valence-corrected chi connectivity index (χ0v) is 14.9. The van der Waals surface area contributed by atoms with Crippen molar-refractivity contribution in [3.63, 3.8) is 0 Å². The van der Waals surface area contributed by atoms with E-state index >= 15 is 0 Å². The van der Waals surface area contributed by atoms with Gasteiger partial charge in [-0.05, 0) is 63.8 Å². The highest BCUT2D eigenvalue weighted by Crippen LogP contribution is 2.29. The summed E-state index contributed by atoms with van der Waals surface area (Å²) in [6.07, 6.45) is 1.75. The summed E-state index contributed by atoms with van der Waals surface area (Å²) in [5.41, 5.74) is 2.00. The number of rotatable bonds is 7. The lowest BCUT2D eigenvalue weighted by Gasteiger charge is -2.25. The van der Waals surface area contributed by atoms with Gasteiger partial charge in [0.05, 0.1) is 6.10 Å². The number of benzene rings is 1. The molecule has 2 atom stereocenters. The third-order valence-electron chi connectivity index (χ3n) is 4.22. The first kappa shape index (κ1) is 18.5. The van der Waals surface area contributed by atoms with E-state index in [2.05, 4.69) is 19.2 Å². The van der Waals surface area contributed by atoms with Crippen LogP contribution in [0.15, 0.2) is 12.1 Å². The second-order valence-corrected chi connectivity index (χ2v) is 6.02. The first-order valence-electron chi connectivity index (χ1n) is 7.91. The predicted molar refractivity (Wildman–Crippen MR) is 90.6 cm³/mol. The first-order valence-corrected chi connectivity index (χ1v) is 7.91. The molecule has 0 radical (unpaired) electrons. The van der Waals surface area contributed by atoms with Gasteiger partial charge in [-0.15, -0.1) is 0 Å². The van der Waals surface area contributed by atoms with Gasteiger partial charge in [-0.25, -0.2) is 0 Å². The maximum absolute atomic E-state index is 12.4. The maximum Gasteiger partial charge on any atom is 0.256 e. The van der Waals surface area contributed by atoms with Crippen molar-refractivity contribution in [1.82, 2.24) is 0 Å².